The van der Waals surface area contributed by atoms with E-state index in [-0.39, 0.29) is 6.61 Å². The molecule has 0 saturated heterocycles. The number of nitrogens with one attached hydrogen (secondary N) is 1. The lowest BCUT2D eigenvalue weighted by Crippen LogP contribution is -2.46. The van der Waals surface area contributed by atoms with E-state index in [1.54, 1.807) is 23.7 Å². The predicted molar refractivity (Wildman–Crippen MR) is 84.9 cm³/mol. The number of fused-ring (bicyclic) bond motifs is 1. The van der Waals surface area contributed by atoms with Crippen molar-refractivity contribution < 1.29 is 14.3 Å². The lowest BCUT2D eigenvalue weighted by molar-refractivity contribution is -0.125. The van der Waals surface area contributed by atoms with Gasteiger partial charge in [0.2, 0.25) is 0 Å². The number of carbonyl (C=O) groups excluding carboxylic acids is 2. The fourth-order valence-electron chi connectivity index (χ4n) is 2.74. The Kier molecular flexibility index (Phi) is 4.26. The predicted octanol–water partition coefficient (Wildman–Crippen LogP) is 2.41. The Bertz CT molecular complexity index is 787. The van der Waals surface area contributed by atoms with Crippen molar-refractivity contribution in [2.45, 2.75) is 31.2 Å². The van der Waals surface area contributed by atoms with Gasteiger partial charge in [0.1, 0.15) is 5.54 Å². The van der Waals surface area contributed by atoms with E-state index in [0.717, 1.165) is 23.1 Å². The van der Waals surface area contributed by atoms with Gasteiger partial charge in [0.25, 0.3) is 5.91 Å². The zero-order valence-electron chi connectivity index (χ0n) is 12.4. The number of thiazole rings is 1. The number of hydrogen-bond acceptors (Lipinski definition) is 6. The molecule has 1 aromatic carbocycles. The van der Waals surface area contributed by atoms with E-state index >= 15 is 0 Å². The minimum atomic E-state index is -0.801. The smallest absolute Gasteiger partial charge is 0.338 e. The van der Waals surface area contributed by atoms with Crippen LogP contribution in [-0.4, -0.2) is 29.0 Å². The van der Waals surface area contributed by atoms with Crippen LogP contribution in [0.5, 0.6) is 0 Å². The molecule has 0 aliphatic heterocycles. The molecule has 1 heterocycles. The Morgan fingerprint density at radius 2 is 2.17 bits per heavy atom. The Labute approximate surface area is 137 Å². The van der Waals surface area contributed by atoms with Crippen molar-refractivity contribution in [3.05, 3.63) is 29.3 Å². The van der Waals surface area contributed by atoms with Crippen LogP contribution < -0.4 is 5.32 Å². The molecular weight excluding hydrogens is 314 g/mol. The zero-order valence-corrected chi connectivity index (χ0v) is 13.2. The minimum absolute atomic E-state index is 0.380. The van der Waals surface area contributed by atoms with Crippen LogP contribution in [0.1, 0.15) is 36.0 Å². The molecule has 1 saturated carbocycles. The summed E-state index contributed by atoms with van der Waals surface area (Å²) in [7, 11) is 0. The van der Waals surface area contributed by atoms with Crippen LogP contribution in [0.25, 0.3) is 10.2 Å². The summed E-state index contributed by atoms with van der Waals surface area (Å²) in [5.41, 5.74) is 2.10. The SMILES string of the molecule is N#CC1(NC(=O)COC(=O)c2ccc3ncsc3c2)CCCC1. The zero-order chi connectivity index (χ0) is 16.3. The summed E-state index contributed by atoms with van der Waals surface area (Å²) in [6.07, 6.45) is 3.13. The molecule has 1 N–H and O–H groups in total. The highest BCUT2D eigenvalue weighted by atomic mass is 32.1. The average Bonchev–Trinajstić information content (AvgIpc) is 3.21. The summed E-state index contributed by atoms with van der Waals surface area (Å²) in [6.45, 7) is -0.386. The number of aromatic nitrogens is 1. The third-order valence-corrected chi connectivity index (χ3v) is 4.74. The third-order valence-electron chi connectivity index (χ3n) is 3.95. The number of hydrogen-bond donors (Lipinski definition) is 1. The van der Waals surface area contributed by atoms with Crippen molar-refractivity contribution >= 4 is 33.4 Å². The molecule has 1 aromatic heterocycles. The molecule has 2 aromatic rings. The lowest BCUT2D eigenvalue weighted by atomic mass is 10.00. The molecule has 0 radical (unpaired) electrons. The molecule has 7 heteroatoms. The van der Waals surface area contributed by atoms with Crippen LogP contribution >= 0.6 is 11.3 Å². The van der Waals surface area contributed by atoms with E-state index in [1.165, 1.54) is 11.3 Å². The topological polar surface area (TPSA) is 92.1 Å². The minimum Gasteiger partial charge on any atom is -0.452 e. The van der Waals surface area contributed by atoms with Gasteiger partial charge in [-0.15, -0.1) is 11.3 Å². The molecule has 0 unspecified atom stereocenters. The molecule has 6 nitrogen and oxygen atoms in total. The van der Waals surface area contributed by atoms with Crippen molar-refractivity contribution in [3.8, 4) is 6.07 Å². The van der Waals surface area contributed by atoms with Gasteiger partial charge in [-0.3, -0.25) is 4.79 Å². The van der Waals surface area contributed by atoms with Crippen LogP contribution in [0.15, 0.2) is 23.7 Å². The Hall–Kier alpha value is -2.46. The highest BCUT2D eigenvalue weighted by Crippen LogP contribution is 2.28. The Balaban J connectivity index is 1.58. The van der Waals surface area contributed by atoms with Crippen molar-refractivity contribution in [1.82, 2.24) is 10.3 Å². The van der Waals surface area contributed by atoms with Crippen LogP contribution in [0.2, 0.25) is 0 Å². The number of esters is 1. The van der Waals surface area contributed by atoms with E-state index in [0.29, 0.717) is 18.4 Å². The number of ether oxygens (including phenoxy) is 1. The molecule has 23 heavy (non-hydrogen) atoms. The second-order valence-electron chi connectivity index (χ2n) is 5.56. The van der Waals surface area contributed by atoms with Crippen molar-refractivity contribution in [2.75, 3.05) is 6.61 Å². The third kappa shape index (κ3) is 3.32. The molecule has 118 valence electrons. The van der Waals surface area contributed by atoms with E-state index in [4.69, 9.17) is 4.74 Å². The molecular formula is C16H15N3O3S. The van der Waals surface area contributed by atoms with Gasteiger partial charge in [-0.05, 0) is 43.9 Å². The quantitative estimate of drug-likeness (QED) is 0.870. The first kappa shape index (κ1) is 15.4. The number of rotatable bonds is 4. The number of nitrogens with zero attached hydrogens (tertiary/aromatic N) is 2. The van der Waals surface area contributed by atoms with E-state index < -0.39 is 17.4 Å². The molecule has 1 amide bonds. The number of nitriles is 1. The first-order valence-corrected chi connectivity index (χ1v) is 8.22. The summed E-state index contributed by atoms with van der Waals surface area (Å²) in [5.74, 6) is -1.01. The van der Waals surface area contributed by atoms with Gasteiger partial charge in [-0.2, -0.15) is 5.26 Å². The maximum Gasteiger partial charge on any atom is 0.338 e. The Morgan fingerprint density at radius 3 is 2.91 bits per heavy atom. The standard InChI is InChI=1S/C16H15N3O3S/c17-9-16(5-1-2-6-16)19-14(20)8-22-15(21)11-3-4-12-13(7-11)23-10-18-12/h3-4,7,10H,1-2,5-6,8H2,(H,19,20). The van der Waals surface area contributed by atoms with Crippen LogP contribution in [0.3, 0.4) is 0 Å². The first-order valence-electron chi connectivity index (χ1n) is 7.34. The van der Waals surface area contributed by atoms with Gasteiger partial charge in [-0.25, -0.2) is 9.78 Å². The largest absolute Gasteiger partial charge is 0.452 e. The average molecular weight is 329 g/mol. The van der Waals surface area contributed by atoms with Crippen LogP contribution in [-0.2, 0) is 9.53 Å². The maximum atomic E-state index is 12.0. The maximum absolute atomic E-state index is 12.0. The summed E-state index contributed by atoms with van der Waals surface area (Å²) < 4.78 is 5.93. The fourth-order valence-corrected chi connectivity index (χ4v) is 3.46. The van der Waals surface area contributed by atoms with Crippen molar-refractivity contribution in [2.24, 2.45) is 0 Å². The summed E-state index contributed by atoms with van der Waals surface area (Å²) in [5, 5.41) is 11.9. The monoisotopic (exact) mass is 329 g/mol. The summed E-state index contributed by atoms with van der Waals surface area (Å²) >= 11 is 1.43. The van der Waals surface area contributed by atoms with Crippen molar-refractivity contribution in [3.63, 3.8) is 0 Å². The molecule has 1 aliphatic rings. The lowest BCUT2D eigenvalue weighted by Gasteiger charge is -2.21. The van der Waals surface area contributed by atoms with Gasteiger partial charge in [0.15, 0.2) is 6.61 Å². The van der Waals surface area contributed by atoms with Gasteiger partial charge in [-0.1, -0.05) is 0 Å². The summed E-state index contributed by atoms with van der Waals surface area (Å²) in [4.78, 5) is 28.1. The fraction of sp³-hybridized carbons (Fsp3) is 0.375. The van der Waals surface area contributed by atoms with Crippen LogP contribution in [0.4, 0.5) is 0 Å². The van der Waals surface area contributed by atoms with Crippen LogP contribution in [0, 0.1) is 11.3 Å². The van der Waals surface area contributed by atoms with Gasteiger partial charge >= 0.3 is 5.97 Å². The van der Waals surface area contributed by atoms with E-state index in [1.807, 2.05) is 0 Å². The number of benzene rings is 1. The van der Waals surface area contributed by atoms with E-state index in [2.05, 4.69) is 16.4 Å². The molecule has 0 spiro atoms. The highest BCUT2D eigenvalue weighted by Gasteiger charge is 2.35. The highest BCUT2D eigenvalue weighted by molar-refractivity contribution is 7.16. The van der Waals surface area contributed by atoms with Gasteiger partial charge in [0.05, 0.1) is 27.4 Å². The Morgan fingerprint density at radius 1 is 1.39 bits per heavy atom. The number of amides is 1. The molecule has 0 bridgehead atoms. The molecule has 0 atom stereocenters. The molecule has 3 rings (SSSR count). The second kappa shape index (κ2) is 6.34. The molecule has 1 fully saturated rings. The van der Waals surface area contributed by atoms with Gasteiger partial charge in [0, 0.05) is 0 Å². The molecule has 1 aliphatic carbocycles. The second-order valence-corrected chi connectivity index (χ2v) is 6.45. The van der Waals surface area contributed by atoms with Gasteiger partial charge < -0.3 is 10.1 Å². The normalized spacial score (nSPS) is 16.0. The summed E-state index contributed by atoms with van der Waals surface area (Å²) in [6, 6.07) is 7.23. The van der Waals surface area contributed by atoms with Crippen molar-refractivity contribution in [1.29, 1.82) is 5.26 Å². The first-order chi connectivity index (χ1) is 11.1. The van der Waals surface area contributed by atoms with E-state index in [9.17, 15) is 14.9 Å². The number of carbonyl (C=O) groups is 2.